The SMILES string of the molecule is CC(=O)N1CCc2cc(C(=O)CN3CCOCC3)ccc21. The normalized spacial score (nSPS) is 18.6. The number of morpholine rings is 1. The van der Waals surface area contributed by atoms with Crippen molar-refractivity contribution in [3.63, 3.8) is 0 Å². The van der Waals surface area contributed by atoms with Gasteiger partial charge in [0.15, 0.2) is 5.78 Å². The Bertz CT molecular complexity index is 565. The average Bonchev–Trinajstić information content (AvgIpc) is 2.91. The predicted octanol–water partition coefficient (Wildman–Crippen LogP) is 1.11. The van der Waals surface area contributed by atoms with Gasteiger partial charge in [0.1, 0.15) is 0 Å². The molecule has 0 atom stereocenters. The van der Waals surface area contributed by atoms with Crippen LogP contribution in [0.2, 0.25) is 0 Å². The van der Waals surface area contributed by atoms with Crippen LogP contribution in [-0.4, -0.2) is 56.0 Å². The second-order valence-electron chi connectivity index (χ2n) is 5.58. The van der Waals surface area contributed by atoms with Crippen molar-refractivity contribution in [2.24, 2.45) is 0 Å². The number of anilines is 1. The number of hydrogen-bond acceptors (Lipinski definition) is 4. The zero-order valence-electron chi connectivity index (χ0n) is 12.3. The summed E-state index contributed by atoms with van der Waals surface area (Å²) >= 11 is 0. The lowest BCUT2D eigenvalue weighted by atomic mass is 10.0. The Hall–Kier alpha value is -1.72. The highest BCUT2D eigenvalue weighted by Gasteiger charge is 2.23. The maximum atomic E-state index is 12.4. The molecule has 1 amide bonds. The van der Waals surface area contributed by atoms with Crippen molar-refractivity contribution in [2.75, 3.05) is 44.3 Å². The highest BCUT2D eigenvalue weighted by atomic mass is 16.5. The summed E-state index contributed by atoms with van der Waals surface area (Å²) in [5.74, 6) is 0.196. The molecule has 0 aromatic heterocycles. The van der Waals surface area contributed by atoms with Crippen LogP contribution in [0.25, 0.3) is 0 Å². The number of Topliss-reactive ketones (excluding diaryl/α,β-unsaturated/α-hetero) is 1. The summed E-state index contributed by atoms with van der Waals surface area (Å²) in [6.45, 7) is 5.76. The smallest absolute Gasteiger partial charge is 0.223 e. The van der Waals surface area contributed by atoms with Crippen molar-refractivity contribution in [3.05, 3.63) is 29.3 Å². The van der Waals surface area contributed by atoms with Crippen LogP contribution >= 0.6 is 0 Å². The van der Waals surface area contributed by atoms with Crippen LogP contribution in [-0.2, 0) is 16.0 Å². The maximum Gasteiger partial charge on any atom is 0.223 e. The van der Waals surface area contributed by atoms with Crippen molar-refractivity contribution in [1.29, 1.82) is 0 Å². The number of amides is 1. The molecule has 0 saturated carbocycles. The van der Waals surface area contributed by atoms with E-state index in [-0.39, 0.29) is 11.7 Å². The fourth-order valence-corrected chi connectivity index (χ4v) is 2.96. The number of hydrogen-bond donors (Lipinski definition) is 0. The van der Waals surface area contributed by atoms with E-state index in [1.54, 1.807) is 11.8 Å². The monoisotopic (exact) mass is 288 g/mol. The first kappa shape index (κ1) is 14.2. The Morgan fingerprint density at radius 1 is 1.19 bits per heavy atom. The number of carbonyl (C=O) groups excluding carboxylic acids is 2. The Morgan fingerprint density at radius 3 is 2.67 bits per heavy atom. The molecule has 0 aliphatic carbocycles. The Labute approximate surface area is 124 Å². The fourth-order valence-electron chi connectivity index (χ4n) is 2.96. The molecule has 5 heteroatoms. The van der Waals surface area contributed by atoms with E-state index < -0.39 is 0 Å². The minimum Gasteiger partial charge on any atom is -0.379 e. The largest absolute Gasteiger partial charge is 0.379 e. The predicted molar refractivity (Wildman–Crippen MR) is 79.8 cm³/mol. The topological polar surface area (TPSA) is 49.9 Å². The third kappa shape index (κ3) is 2.99. The maximum absolute atomic E-state index is 12.4. The molecule has 0 bridgehead atoms. The molecule has 1 fully saturated rings. The third-order valence-corrected chi connectivity index (χ3v) is 4.15. The van der Waals surface area contributed by atoms with Crippen LogP contribution in [0.15, 0.2) is 18.2 Å². The molecule has 5 nitrogen and oxygen atoms in total. The van der Waals surface area contributed by atoms with E-state index in [9.17, 15) is 9.59 Å². The van der Waals surface area contributed by atoms with E-state index in [1.807, 2.05) is 18.2 Å². The summed E-state index contributed by atoms with van der Waals surface area (Å²) in [5.41, 5.74) is 2.79. The molecule has 0 spiro atoms. The van der Waals surface area contributed by atoms with Crippen molar-refractivity contribution < 1.29 is 14.3 Å². The number of rotatable bonds is 3. The molecule has 1 aromatic carbocycles. The zero-order valence-corrected chi connectivity index (χ0v) is 12.3. The van der Waals surface area contributed by atoms with Gasteiger partial charge < -0.3 is 9.64 Å². The van der Waals surface area contributed by atoms with Crippen LogP contribution < -0.4 is 4.90 Å². The van der Waals surface area contributed by atoms with E-state index in [2.05, 4.69) is 4.90 Å². The minimum atomic E-state index is 0.0566. The van der Waals surface area contributed by atoms with Gasteiger partial charge in [0.25, 0.3) is 0 Å². The quantitative estimate of drug-likeness (QED) is 0.782. The van der Waals surface area contributed by atoms with Crippen molar-refractivity contribution >= 4 is 17.4 Å². The van der Waals surface area contributed by atoms with Gasteiger partial charge in [-0.25, -0.2) is 0 Å². The standard InChI is InChI=1S/C16H20N2O3/c1-12(19)18-5-4-13-10-14(2-3-15(13)18)16(20)11-17-6-8-21-9-7-17/h2-3,10H,4-9,11H2,1H3. The molecule has 21 heavy (non-hydrogen) atoms. The number of ether oxygens (including phenoxy) is 1. The highest BCUT2D eigenvalue weighted by Crippen LogP contribution is 2.29. The van der Waals surface area contributed by atoms with Crippen LogP contribution in [0.5, 0.6) is 0 Å². The van der Waals surface area contributed by atoms with Gasteiger partial charge in [-0.15, -0.1) is 0 Å². The summed E-state index contributed by atoms with van der Waals surface area (Å²) in [7, 11) is 0. The van der Waals surface area contributed by atoms with Gasteiger partial charge in [0.2, 0.25) is 5.91 Å². The number of fused-ring (bicyclic) bond motifs is 1. The van der Waals surface area contributed by atoms with E-state index in [4.69, 9.17) is 4.74 Å². The lowest BCUT2D eigenvalue weighted by molar-refractivity contribution is -0.116. The van der Waals surface area contributed by atoms with Gasteiger partial charge in [-0.3, -0.25) is 14.5 Å². The average molecular weight is 288 g/mol. The molecule has 3 rings (SSSR count). The van der Waals surface area contributed by atoms with Gasteiger partial charge in [0, 0.05) is 37.8 Å². The number of benzene rings is 1. The van der Waals surface area contributed by atoms with Gasteiger partial charge in [-0.05, 0) is 30.2 Å². The van der Waals surface area contributed by atoms with Crippen LogP contribution in [0.4, 0.5) is 5.69 Å². The lowest BCUT2D eigenvalue weighted by Crippen LogP contribution is -2.39. The van der Waals surface area contributed by atoms with Gasteiger partial charge in [-0.1, -0.05) is 0 Å². The van der Waals surface area contributed by atoms with Crippen molar-refractivity contribution in [2.45, 2.75) is 13.3 Å². The molecule has 112 valence electrons. The summed E-state index contributed by atoms with van der Waals surface area (Å²) < 4.78 is 5.29. The number of carbonyl (C=O) groups is 2. The van der Waals surface area contributed by atoms with Crippen LogP contribution in [0.3, 0.4) is 0 Å². The second-order valence-corrected chi connectivity index (χ2v) is 5.58. The summed E-state index contributed by atoms with van der Waals surface area (Å²) in [4.78, 5) is 27.8. The Balaban J connectivity index is 1.72. The van der Waals surface area contributed by atoms with Crippen molar-refractivity contribution in [1.82, 2.24) is 4.90 Å². The highest BCUT2D eigenvalue weighted by molar-refractivity contribution is 6.00. The molecule has 0 unspecified atom stereocenters. The van der Waals surface area contributed by atoms with Gasteiger partial charge in [-0.2, -0.15) is 0 Å². The van der Waals surface area contributed by atoms with Gasteiger partial charge in [0.05, 0.1) is 19.8 Å². The van der Waals surface area contributed by atoms with E-state index in [0.29, 0.717) is 26.3 Å². The third-order valence-electron chi connectivity index (χ3n) is 4.15. The summed E-state index contributed by atoms with van der Waals surface area (Å²) in [6, 6.07) is 5.68. The number of ketones is 1. The van der Waals surface area contributed by atoms with Gasteiger partial charge >= 0.3 is 0 Å². The Morgan fingerprint density at radius 2 is 1.95 bits per heavy atom. The molecule has 1 aromatic rings. The summed E-state index contributed by atoms with van der Waals surface area (Å²) in [5, 5.41) is 0. The number of nitrogens with zero attached hydrogens (tertiary/aromatic N) is 2. The molecular weight excluding hydrogens is 268 g/mol. The van der Waals surface area contributed by atoms with Crippen molar-refractivity contribution in [3.8, 4) is 0 Å². The zero-order chi connectivity index (χ0) is 14.8. The first-order valence-corrected chi connectivity index (χ1v) is 7.39. The summed E-state index contributed by atoms with van der Waals surface area (Å²) in [6.07, 6.45) is 0.827. The fraction of sp³-hybridized carbons (Fsp3) is 0.500. The first-order chi connectivity index (χ1) is 10.1. The molecule has 1 saturated heterocycles. The van der Waals surface area contributed by atoms with E-state index in [0.717, 1.165) is 36.3 Å². The minimum absolute atomic E-state index is 0.0566. The molecule has 0 N–H and O–H groups in total. The molecule has 2 heterocycles. The molecule has 2 aliphatic rings. The molecule has 0 radical (unpaired) electrons. The molecule has 2 aliphatic heterocycles. The lowest BCUT2D eigenvalue weighted by Gasteiger charge is -2.25. The first-order valence-electron chi connectivity index (χ1n) is 7.39. The second kappa shape index (κ2) is 5.95. The molecular formula is C16H20N2O3. The van der Waals surface area contributed by atoms with E-state index >= 15 is 0 Å². The van der Waals surface area contributed by atoms with E-state index in [1.165, 1.54) is 0 Å². The van der Waals surface area contributed by atoms with Crippen LogP contribution in [0, 0.1) is 0 Å². The van der Waals surface area contributed by atoms with Crippen LogP contribution in [0.1, 0.15) is 22.8 Å². The Kier molecular flexibility index (Phi) is 4.03.